The third-order valence-corrected chi connectivity index (χ3v) is 3.75. The Morgan fingerprint density at radius 1 is 1.13 bits per heavy atom. The minimum absolute atomic E-state index is 0.0557. The number of phenolic OH excluding ortho intramolecular Hbond substituents is 1. The maximum atomic E-state index is 12.3. The number of aromatic hydroxyl groups is 1. The van der Waals surface area contributed by atoms with E-state index in [1.165, 1.54) is 26.2 Å². The van der Waals surface area contributed by atoms with Gasteiger partial charge in [0.25, 0.3) is 0 Å². The predicted molar refractivity (Wildman–Crippen MR) is 88.0 cm³/mol. The maximum Gasteiger partial charge on any atom is 0.342 e. The summed E-state index contributed by atoms with van der Waals surface area (Å²) in [6.07, 6.45) is -0.978. The molecule has 1 atom stereocenters. The topological polar surface area (TPSA) is 72.8 Å². The Labute approximate surface area is 142 Å². The van der Waals surface area contributed by atoms with Crippen LogP contribution in [0.4, 0.5) is 0 Å². The second-order valence-corrected chi connectivity index (χ2v) is 5.69. The minimum atomic E-state index is -0.978. The van der Waals surface area contributed by atoms with E-state index >= 15 is 0 Å². The summed E-state index contributed by atoms with van der Waals surface area (Å²) in [5.74, 6) is -1.28. The molecule has 0 radical (unpaired) electrons. The van der Waals surface area contributed by atoms with Crippen LogP contribution < -0.4 is 4.74 Å². The molecule has 120 valence electrons. The van der Waals surface area contributed by atoms with E-state index < -0.39 is 12.1 Å². The van der Waals surface area contributed by atoms with Crippen molar-refractivity contribution in [1.82, 2.24) is 0 Å². The summed E-state index contributed by atoms with van der Waals surface area (Å²) in [6, 6.07) is 11.2. The molecule has 2 aromatic rings. The van der Waals surface area contributed by atoms with Crippen LogP contribution in [0.3, 0.4) is 0 Å². The Balaban J connectivity index is 2.13. The Bertz CT molecular complexity index is 724. The summed E-state index contributed by atoms with van der Waals surface area (Å²) in [4.78, 5) is 24.4. The van der Waals surface area contributed by atoms with Crippen molar-refractivity contribution in [3.05, 3.63) is 58.1 Å². The quantitative estimate of drug-likeness (QED) is 0.635. The number of Topliss-reactive ketones (excluding diaryl/α,β-unsaturated/α-hetero) is 1. The smallest absolute Gasteiger partial charge is 0.342 e. The van der Waals surface area contributed by atoms with E-state index in [1.807, 2.05) is 0 Å². The number of phenols is 1. The first-order valence-corrected chi connectivity index (χ1v) is 7.60. The van der Waals surface area contributed by atoms with Gasteiger partial charge >= 0.3 is 5.97 Å². The molecule has 5 nitrogen and oxygen atoms in total. The van der Waals surface area contributed by atoms with Gasteiger partial charge in [0, 0.05) is 10.0 Å². The fourth-order valence-electron chi connectivity index (χ4n) is 1.98. The van der Waals surface area contributed by atoms with Crippen molar-refractivity contribution in [2.45, 2.75) is 13.0 Å². The van der Waals surface area contributed by atoms with E-state index in [9.17, 15) is 14.7 Å². The Hall–Kier alpha value is -2.34. The monoisotopic (exact) mass is 378 g/mol. The number of rotatable bonds is 5. The molecule has 23 heavy (non-hydrogen) atoms. The van der Waals surface area contributed by atoms with Gasteiger partial charge in [-0.3, -0.25) is 4.79 Å². The van der Waals surface area contributed by atoms with Crippen molar-refractivity contribution in [2.75, 3.05) is 7.11 Å². The second kappa shape index (κ2) is 7.28. The Morgan fingerprint density at radius 2 is 1.78 bits per heavy atom. The summed E-state index contributed by atoms with van der Waals surface area (Å²) in [6.45, 7) is 1.49. The molecule has 1 N–H and O–H groups in total. The van der Waals surface area contributed by atoms with Gasteiger partial charge in [-0.2, -0.15) is 0 Å². The van der Waals surface area contributed by atoms with E-state index in [0.29, 0.717) is 5.56 Å². The third-order valence-electron chi connectivity index (χ3n) is 3.22. The van der Waals surface area contributed by atoms with E-state index in [0.717, 1.165) is 4.47 Å². The van der Waals surface area contributed by atoms with Crippen molar-refractivity contribution in [2.24, 2.45) is 0 Å². The minimum Gasteiger partial charge on any atom is -0.504 e. The number of hydrogen-bond acceptors (Lipinski definition) is 5. The fourth-order valence-corrected chi connectivity index (χ4v) is 2.24. The lowest BCUT2D eigenvalue weighted by atomic mass is 10.1. The van der Waals surface area contributed by atoms with Crippen molar-refractivity contribution in [3.63, 3.8) is 0 Å². The van der Waals surface area contributed by atoms with Crippen LogP contribution in [0.1, 0.15) is 27.6 Å². The first-order valence-electron chi connectivity index (χ1n) is 6.80. The summed E-state index contributed by atoms with van der Waals surface area (Å²) in [5.41, 5.74) is 0.378. The number of ketones is 1. The molecule has 0 aliphatic heterocycles. The van der Waals surface area contributed by atoms with Crippen LogP contribution in [0, 0.1) is 0 Å². The van der Waals surface area contributed by atoms with Crippen molar-refractivity contribution in [3.8, 4) is 11.5 Å². The van der Waals surface area contributed by atoms with Crippen molar-refractivity contribution < 1.29 is 24.2 Å². The molecule has 0 heterocycles. The van der Waals surface area contributed by atoms with E-state index in [1.54, 1.807) is 30.3 Å². The molecule has 0 aliphatic rings. The van der Waals surface area contributed by atoms with Crippen LogP contribution in [-0.2, 0) is 4.74 Å². The molecular formula is C17H15BrO5. The zero-order chi connectivity index (χ0) is 17.0. The van der Waals surface area contributed by atoms with Gasteiger partial charge < -0.3 is 14.6 Å². The highest BCUT2D eigenvalue weighted by Crippen LogP contribution is 2.30. The van der Waals surface area contributed by atoms with E-state index in [-0.39, 0.29) is 22.8 Å². The zero-order valence-electron chi connectivity index (χ0n) is 12.6. The third kappa shape index (κ3) is 3.90. The average Bonchev–Trinajstić information content (AvgIpc) is 2.55. The van der Waals surface area contributed by atoms with E-state index in [4.69, 9.17) is 9.47 Å². The standard InChI is InChI=1S/C17H15BrO5/c1-10(15(19)11-6-8-12(18)9-7-11)23-17(21)13-4-3-5-14(22-2)16(13)20/h3-10,20H,1-2H3. The summed E-state index contributed by atoms with van der Waals surface area (Å²) >= 11 is 3.29. The molecule has 0 saturated heterocycles. The first kappa shape index (κ1) is 17.0. The summed E-state index contributed by atoms with van der Waals surface area (Å²) < 4.78 is 10.9. The summed E-state index contributed by atoms with van der Waals surface area (Å²) in [7, 11) is 1.38. The molecule has 0 spiro atoms. The number of esters is 1. The number of carbonyl (C=O) groups excluding carboxylic acids is 2. The molecule has 1 unspecified atom stereocenters. The number of benzene rings is 2. The largest absolute Gasteiger partial charge is 0.504 e. The maximum absolute atomic E-state index is 12.3. The van der Waals surface area contributed by atoms with Crippen molar-refractivity contribution >= 4 is 27.7 Å². The lowest BCUT2D eigenvalue weighted by Gasteiger charge is -2.14. The van der Waals surface area contributed by atoms with E-state index in [2.05, 4.69) is 15.9 Å². The van der Waals surface area contributed by atoms with Gasteiger partial charge in [-0.05, 0) is 31.2 Å². The average molecular weight is 379 g/mol. The SMILES string of the molecule is COc1cccc(C(=O)OC(C)C(=O)c2ccc(Br)cc2)c1O. The molecule has 0 amide bonds. The number of halogens is 1. The molecule has 2 rings (SSSR count). The molecule has 0 bridgehead atoms. The van der Waals surface area contributed by atoms with Gasteiger partial charge in [0.05, 0.1) is 7.11 Å². The molecule has 0 saturated carbocycles. The van der Waals surface area contributed by atoms with Crippen LogP contribution in [0.2, 0.25) is 0 Å². The lowest BCUT2D eigenvalue weighted by molar-refractivity contribution is 0.0315. The predicted octanol–water partition coefficient (Wildman–Crippen LogP) is 3.59. The molecule has 2 aromatic carbocycles. The Morgan fingerprint density at radius 3 is 2.39 bits per heavy atom. The van der Waals surface area contributed by atoms with Crippen LogP contribution in [0.5, 0.6) is 11.5 Å². The lowest BCUT2D eigenvalue weighted by Crippen LogP contribution is -2.24. The summed E-state index contributed by atoms with van der Waals surface area (Å²) in [5, 5.41) is 9.94. The Kier molecular flexibility index (Phi) is 5.39. The first-order chi connectivity index (χ1) is 10.9. The second-order valence-electron chi connectivity index (χ2n) is 4.78. The number of ether oxygens (including phenoxy) is 2. The highest BCUT2D eigenvalue weighted by molar-refractivity contribution is 9.10. The normalized spacial score (nSPS) is 11.6. The number of methoxy groups -OCH3 is 1. The van der Waals surface area contributed by atoms with Crippen LogP contribution in [0.15, 0.2) is 46.9 Å². The highest BCUT2D eigenvalue weighted by Gasteiger charge is 2.23. The number of para-hydroxylation sites is 1. The van der Waals surface area contributed by atoms with Crippen LogP contribution in [0.25, 0.3) is 0 Å². The molecule has 6 heteroatoms. The molecule has 0 aliphatic carbocycles. The van der Waals surface area contributed by atoms with Gasteiger partial charge in [0.1, 0.15) is 5.56 Å². The van der Waals surface area contributed by atoms with Gasteiger partial charge in [-0.1, -0.05) is 34.1 Å². The number of carbonyl (C=O) groups is 2. The van der Waals surface area contributed by atoms with Crippen LogP contribution in [-0.4, -0.2) is 30.1 Å². The van der Waals surface area contributed by atoms with Gasteiger partial charge in [-0.25, -0.2) is 4.79 Å². The van der Waals surface area contributed by atoms with Gasteiger partial charge in [0.2, 0.25) is 5.78 Å². The molecule has 0 fully saturated rings. The number of hydrogen-bond donors (Lipinski definition) is 1. The van der Waals surface area contributed by atoms with Gasteiger partial charge in [-0.15, -0.1) is 0 Å². The highest BCUT2D eigenvalue weighted by atomic mass is 79.9. The fraction of sp³-hybridized carbons (Fsp3) is 0.176. The van der Waals surface area contributed by atoms with Gasteiger partial charge in [0.15, 0.2) is 17.6 Å². The van der Waals surface area contributed by atoms with Crippen LogP contribution >= 0.6 is 15.9 Å². The zero-order valence-corrected chi connectivity index (χ0v) is 14.2. The molecule has 0 aromatic heterocycles. The molecular weight excluding hydrogens is 364 g/mol. The van der Waals surface area contributed by atoms with Crippen molar-refractivity contribution in [1.29, 1.82) is 0 Å².